The first-order valence-electron chi connectivity index (χ1n) is 13.3. The molecule has 3 heteroatoms. The summed E-state index contributed by atoms with van der Waals surface area (Å²) in [6.45, 7) is 21.1. The van der Waals surface area contributed by atoms with Crippen LogP contribution in [0.2, 0.25) is 0 Å². The van der Waals surface area contributed by atoms with E-state index in [2.05, 4.69) is 108 Å². The van der Waals surface area contributed by atoms with Crippen molar-refractivity contribution in [2.24, 2.45) is 5.41 Å². The molecule has 0 N–H and O–H groups in total. The van der Waals surface area contributed by atoms with Gasteiger partial charge in [0, 0.05) is 23.6 Å². The topological polar surface area (TPSA) is 30.3 Å². The Morgan fingerprint density at radius 3 is 2.03 bits per heavy atom. The summed E-state index contributed by atoms with van der Waals surface area (Å²) in [5.41, 5.74) is 8.83. The van der Waals surface area contributed by atoms with Crippen LogP contribution in [0.3, 0.4) is 0 Å². The fourth-order valence-electron chi connectivity index (χ4n) is 7.71. The number of hydrogen-bond donors (Lipinski definition) is 0. The molecule has 2 heterocycles. The van der Waals surface area contributed by atoms with Gasteiger partial charge in [0.1, 0.15) is 6.17 Å². The minimum absolute atomic E-state index is 0.0948. The first-order valence-corrected chi connectivity index (χ1v) is 13.3. The molecule has 184 valence electrons. The Balaban J connectivity index is 1.88. The van der Waals surface area contributed by atoms with Gasteiger partial charge in [0.05, 0.1) is 23.0 Å². The highest BCUT2D eigenvalue weighted by Crippen LogP contribution is 2.64. The summed E-state index contributed by atoms with van der Waals surface area (Å²) in [5.74, 6) is 0. The molecule has 2 aromatic rings. The number of nitrogens with zero attached hydrogens (tertiary/aromatic N) is 3. The van der Waals surface area contributed by atoms with Crippen molar-refractivity contribution in [2.75, 3.05) is 16.8 Å². The predicted molar refractivity (Wildman–Crippen MR) is 148 cm³/mol. The van der Waals surface area contributed by atoms with Gasteiger partial charge in [-0.3, -0.25) is 0 Å². The number of nitriles is 1. The quantitative estimate of drug-likeness (QED) is 0.427. The number of rotatable bonds is 3. The molecule has 0 spiro atoms. The van der Waals surface area contributed by atoms with Gasteiger partial charge >= 0.3 is 0 Å². The first kappa shape index (κ1) is 24.0. The first-order chi connectivity index (χ1) is 16.4. The third-order valence-corrected chi connectivity index (χ3v) is 10.3. The molecule has 0 bridgehead atoms. The van der Waals surface area contributed by atoms with Crippen LogP contribution >= 0.6 is 0 Å². The standard InChI is InChI=1S/C32H41N3/c1-10-31(8)22-14-13-21(20-33)17-25(22)35-27-19-24-23(29(4,5)15-16-30(24,6)7)18-26(27)34(9)28(35)32(31,11-2)12-3/h11,13-14,17-19,28H,2,10,12,15-16H2,1,3-9H3. The Hall–Kier alpha value is -2.73. The maximum absolute atomic E-state index is 9.80. The van der Waals surface area contributed by atoms with E-state index < -0.39 is 0 Å². The third kappa shape index (κ3) is 2.83. The van der Waals surface area contributed by atoms with Gasteiger partial charge < -0.3 is 9.80 Å². The average Bonchev–Trinajstić information content (AvgIpc) is 3.14. The van der Waals surface area contributed by atoms with E-state index in [1.165, 1.54) is 46.6 Å². The molecule has 3 unspecified atom stereocenters. The normalized spacial score (nSPS) is 29.5. The lowest BCUT2D eigenvalue weighted by molar-refractivity contribution is 0.129. The van der Waals surface area contributed by atoms with Gasteiger partial charge in [0.25, 0.3) is 0 Å². The van der Waals surface area contributed by atoms with Crippen LogP contribution in [0.25, 0.3) is 0 Å². The van der Waals surface area contributed by atoms with Crippen LogP contribution in [-0.2, 0) is 16.2 Å². The van der Waals surface area contributed by atoms with Crippen LogP contribution in [0, 0.1) is 16.7 Å². The zero-order chi connectivity index (χ0) is 25.6. The van der Waals surface area contributed by atoms with E-state index in [1.54, 1.807) is 0 Å². The molecule has 0 radical (unpaired) electrons. The van der Waals surface area contributed by atoms with E-state index >= 15 is 0 Å². The van der Waals surface area contributed by atoms with Crippen molar-refractivity contribution in [2.45, 2.75) is 96.6 Å². The Kier molecular flexibility index (Phi) is 5.06. The second-order valence-corrected chi connectivity index (χ2v) is 12.6. The summed E-state index contributed by atoms with van der Waals surface area (Å²) in [6, 6.07) is 13.7. The molecule has 3 atom stereocenters. The zero-order valence-electron chi connectivity index (χ0n) is 22.9. The Morgan fingerprint density at radius 2 is 1.51 bits per heavy atom. The third-order valence-electron chi connectivity index (χ3n) is 10.3. The highest BCUT2D eigenvalue weighted by molar-refractivity contribution is 5.89. The largest absolute Gasteiger partial charge is 0.351 e. The highest BCUT2D eigenvalue weighted by Gasteiger charge is 2.60. The molecule has 2 aromatic carbocycles. The van der Waals surface area contributed by atoms with Gasteiger partial charge in [-0.25, -0.2) is 0 Å². The van der Waals surface area contributed by atoms with Crippen LogP contribution in [0.15, 0.2) is 43.0 Å². The fraction of sp³-hybridized carbons (Fsp3) is 0.531. The lowest BCUT2D eigenvalue weighted by Gasteiger charge is -2.59. The SMILES string of the molecule is C=CC1(CC)C2N(C)c3cc4c(cc3N2c2cc(C#N)ccc2C1(C)CC)C(C)(C)CCC4(C)C. The zero-order valence-corrected chi connectivity index (χ0v) is 22.9. The molecule has 35 heavy (non-hydrogen) atoms. The minimum Gasteiger partial charge on any atom is -0.351 e. The fourth-order valence-corrected chi connectivity index (χ4v) is 7.71. The van der Waals surface area contributed by atoms with Gasteiger partial charge in [-0.1, -0.05) is 60.6 Å². The molecule has 0 saturated heterocycles. The van der Waals surface area contributed by atoms with E-state index in [4.69, 9.17) is 0 Å². The monoisotopic (exact) mass is 467 g/mol. The number of benzene rings is 2. The van der Waals surface area contributed by atoms with Crippen LogP contribution in [0.5, 0.6) is 0 Å². The van der Waals surface area contributed by atoms with Crippen molar-refractivity contribution in [1.82, 2.24) is 0 Å². The summed E-state index contributed by atoms with van der Waals surface area (Å²) in [6.07, 6.45) is 6.76. The van der Waals surface area contributed by atoms with E-state index in [0.29, 0.717) is 0 Å². The molecule has 0 fully saturated rings. The maximum Gasteiger partial charge on any atom is 0.116 e. The van der Waals surface area contributed by atoms with Gasteiger partial charge in [0.2, 0.25) is 0 Å². The van der Waals surface area contributed by atoms with Gasteiger partial charge in [-0.2, -0.15) is 5.26 Å². The lowest BCUT2D eigenvalue weighted by atomic mass is 9.54. The molecule has 1 aliphatic carbocycles. The van der Waals surface area contributed by atoms with Crippen molar-refractivity contribution in [3.8, 4) is 6.07 Å². The molecule has 3 aliphatic rings. The van der Waals surface area contributed by atoms with Crippen molar-refractivity contribution in [1.29, 1.82) is 5.26 Å². The summed E-state index contributed by atoms with van der Waals surface area (Å²) < 4.78 is 0. The second kappa shape index (κ2) is 7.39. The predicted octanol–water partition coefficient (Wildman–Crippen LogP) is 8.08. The minimum atomic E-state index is -0.151. The van der Waals surface area contributed by atoms with E-state index in [9.17, 15) is 5.26 Å². The smallest absolute Gasteiger partial charge is 0.116 e. The number of hydrogen-bond acceptors (Lipinski definition) is 3. The molecular formula is C32H41N3. The van der Waals surface area contributed by atoms with Gasteiger partial charge in [-0.15, -0.1) is 6.58 Å². The average molecular weight is 468 g/mol. The molecule has 0 aromatic heterocycles. The van der Waals surface area contributed by atoms with Crippen molar-refractivity contribution in [3.63, 3.8) is 0 Å². The van der Waals surface area contributed by atoms with Crippen LogP contribution in [0.4, 0.5) is 17.1 Å². The second-order valence-electron chi connectivity index (χ2n) is 12.6. The summed E-state index contributed by atoms with van der Waals surface area (Å²) in [4.78, 5) is 5.06. The Morgan fingerprint density at radius 1 is 0.914 bits per heavy atom. The summed E-state index contributed by atoms with van der Waals surface area (Å²) in [7, 11) is 2.26. The van der Waals surface area contributed by atoms with E-state index in [-0.39, 0.29) is 27.8 Å². The summed E-state index contributed by atoms with van der Waals surface area (Å²) >= 11 is 0. The van der Waals surface area contributed by atoms with Crippen molar-refractivity contribution < 1.29 is 0 Å². The Labute approximate surface area is 212 Å². The maximum atomic E-state index is 9.80. The van der Waals surface area contributed by atoms with E-state index in [0.717, 1.165) is 18.4 Å². The molecule has 2 aliphatic heterocycles. The van der Waals surface area contributed by atoms with E-state index in [1.807, 2.05) is 6.07 Å². The molecule has 0 saturated carbocycles. The Bertz CT molecular complexity index is 1260. The number of anilines is 3. The van der Waals surface area contributed by atoms with Crippen LogP contribution in [-0.4, -0.2) is 13.2 Å². The molecular weight excluding hydrogens is 426 g/mol. The van der Waals surface area contributed by atoms with Gasteiger partial charge in [0.15, 0.2) is 0 Å². The lowest BCUT2D eigenvalue weighted by Crippen LogP contribution is -2.62. The van der Waals surface area contributed by atoms with Crippen molar-refractivity contribution in [3.05, 3.63) is 65.2 Å². The molecule has 5 rings (SSSR count). The highest BCUT2D eigenvalue weighted by atomic mass is 15.4. The van der Waals surface area contributed by atoms with Gasteiger partial charge in [-0.05, 0) is 77.5 Å². The van der Waals surface area contributed by atoms with Crippen molar-refractivity contribution >= 4 is 17.1 Å². The van der Waals surface area contributed by atoms with Crippen LogP contribution in [0.1, 0.15) is 96.4 Å². The summed E-state index contributed by atoms with van der Waals surface area (Å²) in [5, 5.41) is 9.80. The number of fused-ring (bicyclic) bond motifs is 6. The molecule has 0 amide bonds. The van der Waals surface area contributed by atoms with Crippen LogP contribution < -0.4 is 9.80 Å². The molecule has 3 nitrogen and oxygen atoms in total.